The van der Waals surface area contributed by atoms with Crippen LogP contribution >= 0.6 is 35.0 Å². The van der Waals surface area contributed by atoms with Crippen LogP contribution in [0.2, 0.25) is 0 Å². The molecule has 0 saturated heterocycles. The normalized spacial score (nSPS) is 12.4. The third-order valence-electron chi connectivity index (χ3n) is 2.00. The van der Waals surface area contributed by atoms with Crippen LogP contribution in [0.15, 0.2) is 24.3 Å². The van der Waals surface area contributed by atoms with Crippen molar-refractivity contribution in [3.63, 3.8) is 0 Å². The molecule has 0 radical (unpaired) electrons. The van der Waals surface area contributed by atoms with Crippen molar-refractivity contribution in [2.24, 2.45) is 11.7 Å². The minimum absolute atomic E-state index is 0. The van der Waals surface area contributed by atoms with Crippen LogP contribution in [0.1, 0.15) is 31.9 Å². The van der Waals surface area contributed by atoms with Crippen LogP contribution in [0.3, 0.4) is 0 Å². The van der Waals surface area contributed by atoms with E-state index in [4.69, 9.17) is 5.73 Å². The summed E-state index contributed by atoms with van der Waals surface area (Å²) in [5.74, 6) is 0.660. The summed E-state index contributed by atoms with van der Waals surface area (Å²) in [6.07, 6.45) is 1.06. The van der Waals surface area contributed by atoms with Gasteiger partial charge in [-0.1, -0.05) is 26.0 Å². The highest BCUT2D eigenvalue weighted by atomic mass is 127. The Labute approximate surface area is 106 Å². The second kappa shape index (κ2) is 6.64. The van der Waals surface area contributed by atoms with Crippen molar-refractivity contribution in [2.45, 2.75) is 26.3 Å². The molecule has 2 N–H and O–H groups in total. The molecule has 0 aliphatic heterocycles. The molecule has 0 unspecified atom stereocenters. The first kappa shape index (κ1) is 14.2. The van der Waals surface area contributed by atoms with E-state index >= 15 is 0 Å². The van der Waals surface area contributed by atoms with Crippen LogP contribution in [0.4, 0.5) is 0 Å². The van der Waals surface area contributed by atoms with Crippen LogP contribution in [0, 0.1) is 9.49 Å². The summed E-state index contributed by atoms with van der Waals surface area (Å²) < 4.78 is 1.26. The summed E-state index contributed by atoms with van der Waals surface area (Å²) in [4.78, 5) is 0. The molecule has 0 bridgehead atoms. The molecule has 0 amide bonds. The van der Waals surface area contributed by atoms with E-state index in [1.807, 2.05) is 0 Å². The molecule has 0 heterocycles. The maximum atomic E-state index is 6.06. The lowest BCUT2D eigenvalue weighted by atomic mass is 9.98. The minimum Gasteiger partial charge on any atom is -0.324 e. The fourth-order valence-electron chi connectivity index (χ4n) is 1.38. The van der Waals surface area contributed by atoms with E-state index in [0.717, 1.165) is 6.42 Å². The van der Waals surface area contributed by atoms with E-state index in [0.29, 0.717) is 5.92 Å². The van der Waals surface area contributed by atoms with Crippen molar-refractivity contribution < 1.29 is 0 Å². The zero-order valence-corrected chi connectivity index (χ0v) is 11.5. The second-order valence-electron chi connectivity index (χ2n) is 3.79. The van der Waals surface area contributed by atoms with Gasteiger partial charge in [-0.15, -0.1) is 12.4 Å². The van der Waals surface area contributed by atoms with Gasteiger partial charge in [-0.2, -0.15) is 0 Å². The van der Waals surface area contributed by atoms with Crippen molar-refractivity contribution in [1.29, 1.82) is 0 Å². The summed E-state index contributed by atoms with van der Waals surface area (Å²) in [7, 11) is 0. The van der Waals surface area contributed by atoms with E-state index in [-0.39, 0.29) is 18.4 Å². The van der Waals surface area contributed by atoms with Gasteiger partial charge in [-0.3, -0.25) is 0 Å². The van der Waals surface area contributed by atoms with Crippen molar-refractivity contribution >= 4 is 35.0 Å². The Morgan fingerprint density at radius 2 is 2.00 bits per heavy atom. The van der Waals surface area contributed by atoms with Crippen molar-refractivity contribution in [1.82, 2.24) is 0 Å². The van der Waals surface area contributed by atoms with Crippen LogP contribution in [0.5, 0.6) is 0 Å². The summed E-state index contributed by atoms with van der Waals surface area (Å²) in [6, 6.07) is 8.61. The number of benzene rings is 1. The summed E-state index contributed by atoms with van der Waals surface area (Å²) in [5.41, 5.74) is 7.31. The van der Waals surface area contributed by atoms with E-state index in [1.54, 1.807) is 0 Å². The summed E-state index contributed by atoms with van der Waals surface area (Å²) >= 11 is 2.32. The Balaban J connectivity index is 0.00000169. The Morgan fingerprint density at radius 3 is 2.50 bits per heavy atom. The topological polar surface area (TPSA) is 26.0 Å². The Morgan fingerprint density at radius 1 is 1.36 bits per heavy atom. The predicted molar refractivity (Wildman–Crippen MR) is 72.8 cm³/mol. The van der Waals surface area contributed by atoms with Crippen molar-refractivity contribution in [3.05, 3.63) is 33.4 Å². The maximum absolute atomic E-state index is 6.06. The molecule has 1 atom stereocenters. The molecular formula is C11H17ClIN. The van der Waals surface area contributed by atoms with Crippen LogP contribution in [0.25, 0.3) is 0 Å². The Bertz CT molecular complexity index is 276. The molecule has 0 aromatic heterocycles. The van der Waals surface area contributed by atoms with Gasteiger partial charge in [0, 0.05) is 9.61 Å². The molecule has 1 aromatic rings. The zero-order chi connectivity index (χ0) is 9.84. The van der Waals surface area contributed by atoms with Gasteiger partial charge in [-0.25, -0.2) is 0 Å². The van der Waals surface area contributed by atoms with Crippen molar-refractivity contribution in [3.8, 4) is 0 Å². The molecule has 3 heteroatoms. The quantitative estimate of drug-likeness (QED) is 0.841. The van der Waals surface area contributed by atoms with Gasteiger partial charge in [-0.05, 0) is 52.6 Å². The average molecular weight is 326 g/mol. The molecule has 1 aromatic carbocycles. The SMILES string of the molecule is CC(C)C[C@H](N)c1cccc(I)c1.Cl. The highest BCUT2D eigenvalue weighted by molar-refractivity contribution is 14.1. The number of hydrogen-bond donors (Lipinski definition) is 1. The molecule has 0 fully saturated rings. The van der Waals surface area contributed by atoms with Crippen LogP contribution in [-0.4, -0.2) is 0 Å². The standard InChI is InChI=1S/C11H16IN.ClH/c1-8(2)6-11(13)9-4-3-5-10(12)7-9;/h3-5,7-8,11H,6,13H2,1-2H3;1H/t11-;/m0./s1. The fraction of sp³-hybridized carbons (Fsp3) is 0.455. The van der Waals surface area contributed by atoms with Gasteiger partial charge >= 0.3 is 0 Å². The lowest BCUT2D eigenvalue weighted by Crippen LogP contribution is -2.12. The first-order chi connectivity index (χ1) is 6.09. The molecular weight excluding hydrogens is 308 g/mol. The van der Waals surface area contributed by atoms with Crippen LogP contribution in [-0.2, 0) is 0 Å². The smallest absolute Gasteiger partial charge is 0.0297 e. The highest BCUT2D eigenvalue weighted by Crippen LogP contribution is 2.19. The van der Waals surface area contributed by atoms with E-state index in [9.17, 15) is 0 Å². The predicted octanol–water partition coefficient (Wildman–Crippen LogP) is 3.76. The lowest BCUT2D eigenvalue weighted by molar-refractivity contribution is 0.510. The summed E-state index contributed by atoms with van der Waals surface area (Å²) in [6.45, 7) is 4.40. The van der Waals surface area contributed by atoms with E-state index in [2.05, 4.69) is 60.7 Å². The van der Waals surface area contributed by atoms with E-state index in [1.165, 1.54) is 9.13 Å². The number of halogens is 2. The lowest BCUT2D eigenvalue weighted by Gasteiger charge is -2.14. The number of hydrogen-bond acceptors (Lipinski definition) is 1. The van der Waals surface area contributed by atoms with Crippen LogP contribution < -0.4 is 5.73 Å². The summed E-state index contributed by atoms with van der Waals surface area (Å²) in [5, 5.41) is 0. The molecule has 0 aliphatic carbocycles. The molecule has 0 saturated carbocycles. The monoisotopic (exact) mass is 325 g/mol. The molecule has 1 nitrogen and oxygen atoms in total. The van der Waals surface area contributed by atoms with Gasteiger partial charge in [0.15, 0.2) is 0 Å². The van der Waals surface area contributed by atoms with E-state index < -0.39 is 0 Å². The minimum atomic E-state index is 0. The fourth-order valence-corrected chi connectivity index (χ4v) is 1.95. The third-order valence-corrected chi connectivity index (χ3v) is 2.67. The third kappa shape index (κ3) is 4.62. The second-order valence-corrected chi connectivity index (χ2v) is 5.04. The average Bonchev–Trinajstić information content (AvgIpc) is 2.03. The van der Waals surface area contributed by atoms with Gasteiger partial charge in [0.25, 0.3) is 0 Å². The highest BCUT2D eigenvalue weighted by Gasteiger charge is 2.07. The molecule has 14 heavy (non-hydrogen) atoms. The van der Waals surface area contributed by atoms with Gasteiger partial charge in [0.05, 0.1) is 0 Å². The number of nitrogens with two attached hydrogens (primary N) is 1. The van der Waals surface area contributed by atoms with Crippen molar-refractivity contribution in [2.75, 3.05) is 0 Å². The van der Waals surface area contributed by atoms with Gasteiger partial charge in [0.1, 0.15) is 0 Å². The Kier molecular flexibility index (Phi) is 6.74. The molecule has 0 aliphatic rings. The zero-order valence-electron chi connectivity index (χ0n) is 8.53. The first-order valence-electron chi connectivity index (χ1n) is 4.60. The first-order valence-corrected chi connectivity index (χ1v) is 5.68. The molecule has 0 spiro atoms. The molecule has 80 valence electrons. The maximum Gasteiger partial charge on any atom is 0.0297 e. The largest absolute Gasteiger partial charge is 0.324 e. The van der Waals surface area contributed by atoms with Gasteiger partial charge < -0.3 is 5.73 Å². The number of rotatable bonds is 3. The van der Waals surface area contributed by atoms with Gasteiger partial charge in [0.2, 0.25) is 0 Å². The Hall–Kier alpha value is 0.200. The molecule has 1 rings (SSSR count).